The second-order valence-corrected chi connectivity index (χ2v) is 4.80. The average Bonchev–Trinajstić information content (AvgIpc) is 2.36. The molecular formula is C13H21N3O3. The largest absolute Gasteiger partial charge is 0.475 e. The summed E-state index contributed by atoms with van der Waals surface area (Å²) in [5.41, 5.74) is 0.823. The third-order valence-corrected chi connectivity index (χ3v) is 2.57. The Balaban J connectivity index is 1.93. The number of nitrogens with zero attached hydrogens (tertiary/aromatic N) is 2. The fourth-order valence-corrected chi connectivity index (χ4v) is 1.77. The summed E-state index contributed by atoms with van der Waals surface area (Å²) in [6.45, 7) is 8.65. The summed E-state index contributed by atoms with van der Waals surface area (Å²) in [6, 6.07) is 2.13. The Kier molecular flexibility index (Phi) is 4.93. The lowest BCUT2D eigenvalue weighted by atomic mass is 10.3. The van der Waals surface area contributed by atoms with Crippen LogP contribution in [0.15, 0.2) is 6.07 Å². The van der Waals surface area contributed by atoms with Gasteiger partial charge >= 0.3 is 6.01 Å². The number of ether oxygens (including phenoxy) is 3. The minimum Gasteiger partial charge on any atom is -0.475 e. The number of morpholine rings is 1. The molecule has 1 aromatic heterocycles. The van der Waals surface area contributed by atoms with E-state index < -0.39 is 0 Å². The predicted octanol–water partition coefficient (Wildman–Crippen LogP) is 0.939. The van der Waals surface area contributed by atoms with Crippen molar-refractivity contribution in [3.05, 3.63) is 11.8 Å². The first kappa shape index (κ1) is 14.0. The van der Waals surface area contributed by atoms with Crippen molar-refractivity contribution in [2.75, 3.05) is 26.3 Å². The van der Waals surface area contributed by atoms with Crippen LogP contribution in [-0.4, -0.2) is 48.5 Å². The van der Waals surface area contributed by atoms with E-state index in [9.17, 15) is 0 Å². The molecule has 1 N–H and O–H groups in total. The van der Waals surface area contributed by atoms with Crippen LogP contribution in [0.5, 0.6) is 11.9 Å². The lowest BCUT2D eigenvalue weighted by Crippen LogP contribution is -2.41. The quantitative estimate of drug-likeness (QED) is 0.856. The van der Waals surface area contributed by atoms with Gasteiger partial charge in [0.05, 0.1) is 12.7 Å². The summed E-state index contributed by atoms with van der Waals surface area (Å²) >= 11 is 0. The van der Waals surface area contributed by atoms with Gasteiger partial charge in [0.25, 0.3) is 0 Å². The van der Waals surface area contributed by atoms with Crippen LogP contribution < -0.4 is 14.8 Å². The Bertz CT molecular complexity index is 406. The zero-order chi connectivity index (χ0) is 13.7. The molecule has 2 heterocycles. The molecule has 0 amide bonds. The van der Waals surface area contributed by atoms with Gasteiger partial charge in [-0.2, -0.15) is 4.98 Å². The summed E-state index contributed by atoms with van der Waals surface area (Å²) in [5, 5.41) is 3.25. The summed E-state index contributed by atoms with van der Waals surface area (Å²) in [4.78, 5) is 8.46. The van der Waals surface area contributed by atoms with Crippen molar-refractivity contribution in [2.24, 2.45) is 0 Å². The van der Waals surface area contributed by atoms with E-state index >= 15 is 0 Å². The maximum absolute atomic E-state index is 5.58. The topological polar surface area (TPSA) is 65.5 Å². The number of hydrogen-bond acceptors (Lipinski definition) is 6. The zero-order valence-corrected chi connectivity index (χ0v) is 11.7. The standard InChI is InChI=1S/C13H21N3O3/c1-9(2)19-12-6-10(3)15-13(16-12)18-8-11-7-14-4-5-17-11/h6,9,11,14H,4-5,7-8H2,1-3H3. The van der Waals surface area contributed by atoms with Crippen molar-refractivity contribution in [1.29, 1.82) is 0 Å². The van der Waals surface area contributed by atoms with Crippen molar-refractivity contribution in [1.82, 2.24) is 15.3 Å². The molecule has 0 aliphatic carbocycles. The van der Waals surface area contributed by atoms with Gasteiger partial charge < -0.3 is 19.5 Å². The van der Waals surface area contributed by atoms with E-state index in [4.69, 9.17) is 14.2 Å². The molecule has 1 aliphatic heterocycles. The molecule has 106 valence electrons. The minimum absolute atomic E-state index is 0.0485. The summed E-state index contributed by atoms with van der Waals surface area (Å²) < 4.78 is 16.7. The number of rotatable bonds is 5. The highest BCUT2D eigenvalue weighted by molar-refractivity contribution is 5.17. The summed E-state index contributed by atoms with van der Waals surface area (Å²) in [5.74, 6) is 0.542. The van der Waals surface area contributed by atoms with E-state index in [2.05, 4.69) is 15.3 Å². The first-order valence-electron chi connectivity index (χ1n) is 6.61. The van der Waals surface area contributed by atoms with Crippen molar-refractivity contribution in [2.45, 2.75) is 33.0 Å². The second-order valence-electron chi connectivity index (χ2n) is 4.80. The third-order valence-electron chi connectivity index (χ3n) is 2.57. The van der Waals surface area contributed by atoms with Crippen molar-refractivity contribution >= 4 is 0 Å². The minimum atomic E-state index is 0.0485. The Morgan fingerprint density at radius 2 is 2.32 bits per heavy atom. The zero-order valence-electron chi connectivity index (χ0n) is 11.7. The molecule has 1 aromatic rings. The molecule has 0 radical (unpaired) electrons. The Hall–Kier alpha value is -1.40. The van der Waals surface area contributed by atoms with Crippen LogP contribution in [0.1, 0.15) is 19.5 Å². The first-order valence-corrected chi connectivity index (χ1v) is 6.61. The lowest BCUT2D eigenvalue weighted by Gasteiger charge is -2.23. The average molecular weight is 267 g/mol. The summed E-state index contributed by atoms with van der Waals surface area (Å²) in [7, 11) is 0. The molecule has 1 saturated heterocycles. The predicted molar refractivity (Wildman–Crippen MR) is 70.6 cm³/mol. The van der Waals surface area contributed by atoms with Crippen LogP contribution in [0.3, 0.4) is 0 Å². The number of aryl methyl sites for hydroxylation is 1. The van der Waals surface area contributed by atoms with Gasteiger partial charge in [0.1, 0.15) is 12.7 Å². The molecule has 0 spiro atoms. The van der Waals surface area contributed by atoms with Crippen molar-refractivity contribution in [3.8, 4) is 11.9 Å². The maximum Gasteiger partial charge on any atom is 0.320 e. The number of hydrogen-bond donors (Lipinski definition) is 1. The molecule has 19 heavy (non-hydrogen) atoms. The molecule has 6 heteroatoms. The van der Waals surface area contributed by atoms with Gasteiger partial charge in [-0.1, -0.05) is 0 Å². The van der Waals surface area contributed by atoms with Gasteiger partial charge in [-0.25, -0.2) is 4.98 Å². The van der Waals surface area contributed by atoms with E-state index in [-0.39, 0.29) is 12.2 Å². The number of aromatic nitrogens is 2. The highest BCUT2D eigenvalue weighted by Gasteiger charge is 2.15. The van der Waals surface area contributed by atoms with E-state index in [0.717, 1.165) is 18.8 Å². The van der Waals surface area contributed by atoms with Crippen LogP contribution >= 0.6 is 0 Å². The lowest BCUT2D eigenvalue weighted by molar-refractivity contribution is -0.00200. The molecule has 0 bridgehead atoms. The molecule has 1 atom stereocenters. The van der Waals surface area contributed by atoms with Gasteiger partial charge in [-0.3, -0.25) is 0 Å². The van der Waals surface area contributed by atoms with E-state index in [0.29, 0.717) is 25.1 Å². The molecule has 0 aromatic carbocycles. The van der Waals surface area contributed by atoms with Gasteiger partial charge in [-0.15, -0.1) is 0 Å². The van der Waals surface area contributed by atoms with Crippen LogP contribution in [0.2, 0.25) is 0 Å². The third kappa shape index (κ3) is 4.65. The first-order chi connectivity index (χ1) is 9.13. The Morgan fingerprint density at radius 1 is 1.47 bits per heavy atom. The SMILES string of the molecule is Cc1cc(OC(C)C)nc(OCC2CNCCO2)n1. The molecule has 2 rings (SSSR count). The molecule has 0 saturated carbocycles. The summed E-state index contributed by atoms with van der Waals surface area (Å²) in [6.07, 6.45) is 0.125. The highest BCUT2D eigenvalue weighted by Crippen LogP contribution is 2.15. The van der Waals surface area contributed by atoms with Crippen LogP contribution in [0, 0.1) is 6.92 Å². The molecule has 1 aliphatic rings. The second kappa shape index (κ2) is 6.68. The van der Waals surface area contributed by atoms with Gasteiger partial charge in [0, 0.05) is 24.8 Å². The molecular weight excluding hydrogens is 246 g/mol. The van der Waals surface area contributed by atoms with E-state index in [1.807, 2.05) is 20.8 Å². The van der Waals surface area contributed by atoms with Crippen molar-refractivity contribution in [3.63, 3.8) is 0 Å². The monoisotopic (exact) mass is 267 g/mol. The highest BCUT2D eigenvalue weighted by atomic mass is 16.5. The smallest absolute Gasteiger partial charge is 0.320 e. The number of nitrogens with one attached hydrogen (secondary N) is 1. The van der Waals surface area contributed by atoms with Crippen molar-refractivity contribution < 1.29 is 14.2 Å². The molecule has 1 fully saturated rings. The maximum atomic E-state index is 5.58. The van der Waals surface area contributed by atoms with Gasteiger partial charge in [0.2, 0.25) is 5.88 Å². The van der Waals surface area contributed by atoms with E-state index in [1.165, 1.54) is 0 Å². The van der Waals surface area contributed by atoms with Gasteiger partial charge in [0.15, 0.2) is 0 Å². The van der Waals surface area contributed by atoms with Gasteiger partial charge in [-0.05, 0) is 20.8 Å². The Morgan fingerprint density at radius 3 is 3.00 bits per heavy atom. The van der Waals surface area contributed by atoms with Crippen LogP contribution in [-0.2, 0) is 4.74 Å². The van der Waals surface area contributed by atoms with E-state index in [1.54, 1.807) is 6.07 Å². The Labute approximate surface area is 113 Å². The molecule has 6 nitrogen and oxygen atoms in total. The fraction of sp³-hybridized carbons (Fsp3) is 0.692. The van der Waals surface area contributed by atoms with Crippen LogP contribution in [0.4, 0.5) is 0 Å². The van der Waals surface area contributed by atoms with Crippen LogP contribution in [0.25, 0.3) is 0 Å². The fourth-order valence-electron chi connectivity index (χ4n) is 1.77. The normalized spacial score (nSPS) is 19.5. The molecule has 1 unspecified atom stereocenters.